The van der Waals surface area contributed by atoms with E-state index in [9.17, 15) is 9.59 Å². The van der Waals surface area contributed by atoms with Crippen molar-refractivity contribution in [1.82, 2.24) is 0 Å². The average Bonchev–Trinajstić information content (AvgIpc) is 2.68. The molecule has 2 aromatic rings. The van der Waals surface area contributed by atoms with Gasteiger partial charge in [0.05, 0.1) is 12.8 Å². The number of para-hydroxylation sites is 2. The van der Waals surface area contributed by atoms with Gasteiger partial charge >= 0.3 is 0 Å². The van der Waals surface area contributed by atoms with Gasteiger partial charge in [0.15, 0.2) is 24.7 Å². The number of hydrogen-bond acceptors (Lipinski definition) is 5. The molecule has 0 bridgehead atoms. The Morgan fingerprint density at radius 1 is 1.25 bits per heavy atom. The van der Waals surface area contributed by atoms with Crippen molar-refractivity contribution in [2.45, 2.75) is 6.92 Å². The summed E-state index contributed by atoms with van der Waals surface area (Å²) < 4.78 is 16.2. The molecule has 0 fully saturated rings. The van der Waals surface area contributed by atoms with Crippen LogP contribution >= 0.6 is 0 Å². The lowest BCUT2D eigenvalue weighted by atomic mass is 10.2. The van der Waals surface area contributed by atoms with E-state index in [-0.39, 0.29) is 25.0 Å². The Hall–Kier alpha value is -3.48. The van der Waals surface area contributed by atoms with Crippen LogP contribution in [0.1, 0.15) is 6.92 Å². The van der Waals surface area contributed by atoms with Crippen LogP contribution in [0.15, 0.2) is 54.6 Å². The van der Waals surface area contributed by atoms with Crippen molar-refractivity contribution in [2.75, 3.05) is 37.1 Å². The van der Waals surface area contributed by atoms with E-state index in [0.717, 1.165) is 5.57 Å². The number of carbonyl (C=O) groups is 2. The van der Waals surface area contributed by atoms with Crippen molar-refractivity contribution in [2.24, 2.45) is 0 Å². The summed E-state index contributed by atoms with van der Waals surface area (Å²) in [6.07, 6.45) is 0. The fraction of sp³-hybridized carbons (Fsp3) is 0.238. The molecule has 2 amide bonds. The van der Waals surface area contributed by atoms with Crippen LogP contribution < -0.4 is 24.4 Å². The van der Waals surface area contributed by atoms with Crippen molar-refractivity contribution in [3.05, 3.63) is 54.6 Å². The summed E-state index contributed by atoms with van der Waals surface area (Å²) in [5.41, 5.74) is 1.99. The van der Waals surface area contributed by atoms with Crippen molar-refractivity contribution in [3.8, 4) is 17.2 Å². The summed E-state index contributed by atoms with van der Waals surface area (Å²) in [5, 5.41) is 2.77. The second kappa shape index (κ2) is 8.47. The number of methoxy groups -OCH3 is 1. The molecular weight excluding hydrogens is 360 g/mol. The molecule has 7 nitrogen and oxygen atoms in total. The lowest BCUT2D eigenvalue weighted by Gasteiger charge is -2.30. The molecule has 0 saturated heterocycles. The van der Waals surface area contributed by atoms with E-state index in [4.69, 9.17) is 14.2 Å². The summed E-state index contributed by atoms with van der Waals surface area (Å²) in [5.74, 6) is 1.13. The molecule has 2 aromatic carbocycles. The van der Waals surface area contributed by atoms with Crippen LogP contribution in [-0.2, 0) is 9.59 Å². The van der Waals surface area contributed by atoms with Gasteiger partial charge in [-0.2, -0.15) is 0 Å². The van der Waals surface area contributed by atoms with Crippen LogP contribution in [0.5, 0.6) is 17.2 Å². The zero-order valence-corrected chi connectivity index (χ0v) is 15.9. The quantitative estimate of drug-likeness (QED) is 0.745. The van der Waals surface area contributed by atoms with Gasteiger partial charge in [-0.15, -0.1) is 0 Å². The van der Waals surface area contributed by atoms with Gasteiger partial charge in [-0.3, -0.25) is 9.59 Å². The maximum absolute atomic E-state index is 12.3. The minimum absolute atomic E-state index is 0.0151. The first-order valence-electron chi connectivity index (χ1n) is 8.75. The van der Waals surface area contributed by atoms with E-state index in [1.165, 1.54) is 7.11 Å². The first kappa shape index (κ1) is 19.3. The molecular formula is C21H22N2O5. The third kappa shape index (κ3) is 4.43. The maximum Gasteiger partial charge on any atom is 0.265 e. The largest absolute Gasteiger partial charge is 0.493 e. The molecule has 1 aliphatic heterocycles. The number of hydrogen-bond donors (Lipinski definition) is 1. The number of anilines is 2. The fourth-order valence-corrected chi connectivity index (χ4v) is 2.80. The molecule has 0 atom stereocenters. The Bertz CT molecular complexity index is 909. The van der Waals surface area contributed by atoms with E-state index in [1.54, 1.807) is 41.3 Å². The Labute approximate surface area is 163 Å². The third-order valence-corrected chi connectivity index (χ3v) is 4.04. The zero-order chi connectivity index (χ0) is 20.1. The number of fused-ring (bicyclic) bond motifs is 1. The van der Waals surface area contributed by atoms with E-state index >= 15 is 0 Å². The predicted octanol–water partition coefficient (Wildman–Crippen LogP) is 3.01. The third-order valence-electron chi connectivity index (χ3n) is 4.04. The average molecular weight is 382 g/mol. The number of ether oxygens (including phenoxy) is 3. The van der Waals surface area contributed by atoms with E-state index in [1.807, 2.05) is 13.0 Å². The first-order valence-corrected chi connectivity index (χ1v) is 8.75. The molecule has 28 heavy (non-hydrogen) atoms. The zero-order valence-electron chi connectivity index (χ0n) is 15.9. The van der Waals surface area contributed by atoms with Gasteiger partial charge in [0, 0.05) is 12.2 Å². The molecule has 1 heterocycles. The molecule has 7 heteroatoms. The summed E-state index contributed by atoms with van der Waals surface area (Å²) in [4.78, 5) is 26.1. The second-order valence-corrected chi connectivity index (χ2v) is 6.40. The van der Waals surface area contributed by atoms with Gasteiger partial charge in [0.2, 0.25) is 0 Å². The lowest BCUT2D eigenvalue weighted by Crippen LogP contribution is -2.39. The van der Waals surface area contributed by atoms with Gasteiger partial charge < -0.3 is 24.4 Å². The predicted molar refractivity (Wildman–Crippen MR) is 106 cm³/mol. The number of carbonyl (C=O) groups excluding carboxylic acids is 2. The minimum atomic E-state index is -0.333. The lowest BCUT2D eigenvalue weighted by molar-refractivity contribution is -0.121. The molecule has 3 rings (SSSR count). The van der Waals surface area contributed by atoms with Gasteiger partial charge in [0.1, 0.15) is 5.75 Å². The van der Waals surface area contributed by atoms with E-state index in [2.05, 4.69) is 11.9 Å². The summed E-state index contributed by atoms with van der Waals surface area (Å²) in [7, 11) is 1.54. The molecule has 0 radical (unpaired) electrons. The van der Waals surface area contributed by atoms with Crippen LogP contribution in [0.2, 0.25) is 0 Å². The molecule has 1 aliphatic rings. The van der Waals surface area contributed by atoms with Gasteiger partial charge in [-0.25, -0.2) is 0 Å². The highest BCUT2D eigenvalue weighted by Gasteiger charge is 2.25. The summed E-state index contributed by atoms with van der Waals surface area (Å²) in [6.45, 7) is 5.91. The van der Waals surface area contributed by atoms with Crippen LogP contribution in [0, 0.1) is 0 Å². The smallest absolute Gasteiger partial charge is 0.265 e. The van der Waals surface area contributed by atoms with E-state index in [0.29, 0.717) is 35.2 Å². The SMILES string of the molecule is C=C(C)CN1C(=O)COc2ccc(NC(=O)COc3ccccc3OC)cc21. The van der Waals surface area contributed by atoms with Crippen molar-refractivity contribution < 1.29 is 23.8 Å². The van der Waals surface area contributed by atoms with E-state index < -0.39 is 0 Å². The Kier molecular flexibility index (Phi) is 5.84. The molecule has 0 aliphatic carbocycles. The Morgan fingerprint density at radius 2 is 2.00 bits per heavy atom. The molecule has 0 saturated carbocycles. The summed E-state index contributed by atoms with van der Waals surface area (Å²) in [6, 6.07) is 12.2. The molecule has 0 aromatic heterocycles. The van der Waals surface area contributed by atoms with Gasteiger partial charge in [-0.05, 0) is 37.3 Å². The Balaban J connectivity index is 1.69. The van der Waals surface area contributed by atoms with Crippen molar-refractivity contribution in [3.63, 3.8) is 0 Å². The first-order chi connectivity index (χ1) is 13.5. The number of rotatable bonds is 7. The molecule has 146 valence electrons. The number of nitrogens with one attached hydrogen (secondary N) is 1. The standard InChI is InChI=1S/C21H22N2O5/c1-14(2)11-23-16-10-15(8-9-17(16)28-13-21(23)25)22-20(24)12-27-19-7-5-4-6-18(19)26-3/h4-10H,1,11-13H2,2-3H3,(H,22,24). The summed E-state index contributed by atoms with van der Waals surface area (Å²) >= 11 is 0. The van der Waals surface area contributed by atoms with Gasteiger partial charge in [0.25, 0.3) is 11.8 Å². The Morgan fingerprint density at radius 3 is 2.71 bits per heavy atom. The second-order valence-electron chi connectivity index (χ2n) is 6.40. The van der Waals surface area contributed by atoms with Crippen LogP contribution in [0.4, 0.5) is 11.4 Å². The minimum Gasteiger partial charge on any atom is -0.493 e. The molecule has 1 N–H and O–H groups in total. The van der Waals surface area contributed by atoms with Crippen LogP contribution in [0.3, 0.4) is 0 Å². The number of amides is 2. The topological polar surface area (TPSA) is 77.1 Å². The highest BCUT2D eigenvalue weighted by molar-refractivity contribution is 6.00. The molecule has 0 unspecified atom stereocenters. The van der Waals surface area contributed by atoms with Crippen LogP contribution in [-0.4, -0.2) is 38.7 Å². The van der Waals surface area contributed by atoms with Gasteiger partial charge in [-0.1, -0.05) is 24.3 Å². The highest BCUT2D eigenvalue weighted by atomic mass is 16.5. The van der Waals surface area contributed by atoms with Crippen molar-refractivity contribution in [1.29, 1.82) is 0 Å². The number of nitrogens with zero attached hydrogens (tertiary/aromatic N) is 1. The number of benzene rings is 2. The normalized spacial score (nSPS) is 12.6. The van der Waals surface area contributed by atoms with Crippen LogP contribution in [0.25, 0.3) is 0 Å². The highest BCUT2D eigenvalue weighted by Crippen LogP contribution is 2.35. The maximum atomic E-state index is 12.3. The fourth-order valence-electron chi connectivity index (χ4n) is 2.80. The van der Waals surface area contributed by atoms with Crippen molar-refractivity contribution >= 4 is 23.2 Å². The molecule has 0 spiro atoms. The monoisotopic (exact) mass is 382 g/mol.